The Labute approximate surface area is 213 Å². The van der Waals surface area contributed by atoms with Gasteiger partial charge in [-0.1, -0.05) is 66.7 Å². The van der Waals surface area contributed by atoms with E-state index in [4.69, 9.17) is 4.18 Å². The van der Waals surface area contributed by atoms with Crippen molar-refractivity contribution in [3.05, 3.63) is 113 Å². The molecule has 4 aromatic carbocycles. The van der Waals surface area contributed by atoms with Gasteiger partial charge in [0.2, 0.25) is 0 Å². The summed E-state index contributed by atoms with van der Waals surface area (Å²) in [6.45, 7) is 2.15. The molecule has 36 heavy (non-hydrogen) atoms. The van der Waals surface area contributed by atoms with Gasteiger partial charge in [0, 0.05) is 0 Å². The number of carbonyl (C=O) groups is 2. The zero-order valence-electron chi connectivity index (χ0n) is 19.2. The van der Waals surface area contributed by atoms with Gasteiger partial charge in [-0.3, -0.25) is 14.5 Å². The maximum absolute atomic E-state index is 12.9. The minimum Gasteiger partial charge on any atom is -0.379 e. The molecule has 4 aromatic rings. The smallest absolute Gasteiger partial charge is 0.339 e. The third kappa shape index (κ3) is 4.91. The highest BCUT2D eigenvalue weighted by Gasteiger charge is 2.35. The number of benzene rings is 4. The lowest BCUT2D eigenvalue weighted by molar-refractivity contribution is -0.123. The summed E-state index contributed by atoms with van der Waals surface area (Å²) in [6.07, 6.45) is 1.62. The Morgan fingerprint density at radius 3 is 2.31 bits per heavy atom. The third-order valence-electron chi connectivity index (χ3n) is 5.86. The van der Waals surface area contributed by atoms with Crippen LogP contribution < -0.4 is 4.18 Å². The van der Waals surface area contributed by atoms with E-state index in [9.17, 15) is 18.0 Å². The summed E-state index contributed by atoms with van der Waals surface area (Å²) in [5, 5.41) is 1.41. The van der Waals surface area contributed by atoms with Gasteiger partial charge in [-0.05, 0) is 76.5 Å². The largest absolute Gasteiger partial charge is 0.379 e. The Hall–Kier alpha value is -3.88. The van der Waals surface area contributed by atoms with Gasteiger partial charge in [-0.2, -0.15) is 8.42 Å². The van der Waals surface area contributed by atoms with Gasteiger partial charge >= 0.3 is 10.1 Å². The van der Waals surface area contributed by atoms with E-state index < -0.39 is 10.1 Å². The zero-order chi connectivity index (χ0) is 25.3. The first-order valence-electron chi connectivity index (χ1n) is 11.1. The van der Waals surface area contributed by atoms with Crippen molar-refractivity contribution in [1.82, 2.24) is 4.90 Å². The van der Waals surface area contributed by atoms with Crippen molar-refractivity contribution >= 4 is 49.9 Å². The van der Waals surface area contributed by atoms with Crippen LogP contribution >= 0.6 is 11.8 Å². The van der Waals surface area contributed by atoms with Crippen LogP contribution in [0.3, 0.4) is 0 Å². The Morgan fingerprint density at radius 1 is 0.861 bits per heavy atom. The highest BCUT2D eigenvalue weighted by Crippen LogP contribution is 2.34. The van der Waals surface area contributed by atoms with Gasteiger partial charge in [0.1, 0.15) is 10.6 Å². The monoisotopic (exact) mass is 515 g/mol. The highest BCUT2D eigenvalue weighted by atomic mass is 32.2. The molecule has 0 aliphatic carbocycles. The fourth-order valence-electron chi connectivity index (χ4n) is 3.86. The van der Waals surface area contributed by atoms with Crippen LogP contribution in [0.25, 0.3) is 16.8 Å². The molecule has 8 heteroatoms. The van der Waals surface area contributed by atoms with E-state index in [1.54, 1.807) is 30.3 Å². The lowest BCUT2D eigenvalue weighted by Gasteiger charge is -2.14. The number of amides is 2. The molecule has 0 unspecified atom stereocenters. The molecule has 2 amide bonds. The average Bonchev–Trinajstić information content (AvgIpc) is 3.13. The van der Waals surface area contributed by atoms with E-state index in [0.29, 0.717) is 10.5 Å². The van der Waals surface area contributed by atoms with Crippen LogP contribution in [-0.2, 0) is 21.5 Å². The van der Waals surface area contributed by atoms with Crippen LogP contribution in [0.4, 0.5) is 4.79 Å². The Bertz CT molecular complexity index is 1630. The Balaban J connectivity index is 1.30. The summed E-state index contributed by atoms with van der Waals surface area (Å²) in [5.74, 6) is -0.208. The number of hydrogen-bond acceptors (Lipinski definition) is 6. The number of rotatable bonds is 6. The molecule has 1 aliphatic rings. The predicted octanol–water partition coefficient (Wildman–Crippen LogP) is 6.15. The molecule has 0 radical (unpaired) electrons. The lowest BCUT2D eigenvalue weighted by Crippen LogP contribution is -2.27. The first kappa shape index (κ1) is 23.8. The Kier molecular flexibility index (Phi) is 6.38. The van der Waals surface area contributed by atoms with Crippen LogP contribution in [0.15, 0.2) is 101 Å². The lowest BCUT2D eigenvalue weighted by atomic mass is 10.1. The molecule has 1 aliphatic heterocycles. The summed E-state index contributed by atoms with van der Waals surface area (Å²) in [4.78, 5) is 26.9. The van der Waals surface area contributed by atoms with Crippen LogP contribution in [-0.4, -0.2) is 24.5 Å². The normalized spacial score (nSPS) is 15.1. The summed E-state index contributed by atoms with van der Waals surface area (Å²) in [7, 11) is -4.02. The number of fused-ring (bicyclic) bond motifs is 1. The molecular formula is C28H21NO5S2. The molecule has 6 nitrogen and oxygen atoms in total. The van der Waals surface area contributed by atoms with Gasteiger partial charge in [0.05, 0.1) is 11.4 Å². The van der Waals surface area contributed by atoms with Crippen molar-refractivity contribution in [2.45, 2.75) is 18.4 Å². The number of imide groups is 1. The molecule has 0 spiro atoms. The molecule has 0 bridgehead atoms. The summed E-state index contributed by atoms with van der Waals surface area (Å²) in [6, 6.07) is 26.2. The van der Waals surface area contributed by atoms with Crippen molar-refractivity contribution in [2.24, 2.45) is 0 Å². The highest BCUT2D eigenvalue weighted by molar-refractivity contribution is 8.18. The van der Waals surface area contributed by atoms with Crippen LogP contribution in [0.5, 0.6) is 5.75 Å². The third-order valence-corrected chi connectivity index (χ3v) is 8.01. The van der Waals surface area contributed by atoms with E-state index in [-0.39, 0.29) is 28.3 Å². The molecule has 0 saturated carbocycles. The SMILES string of the molecule is Cc1ccccc1CN1C(=O)S/C(=C\c2ccc(OS(=O)(=O)c3ccc4ccccc4c3)cc2)C1=O. The topological polar surface area (TPSA) is 80.8 Å². The summed E-state index contributed by atoms with van der Waals surface area (Å²) in [5.41, 5.74) is 2.57. The molecule has 0 aromatic heterocycles. The van der Waals surface area contributed by atoms with E-state index in [2.05, 4.69) is 0 Å². The summed E-state index contributed by atoms with van der Waals surface area (Å²) < 4.78 is 30.9. The van der Waals surface area contributed by atoms with E-state index in [1.165, 1.54) is 23.1 Å². The van der Waals surface area contributed by atoms with Crippen molar-refractivity contribution in [1.29, 1.82) is 0 Å². The number of nitrogens with zero attached hydrogens (tertiary/aromatic N) is 1. The fourth-order valence-corrected chi connectivity index (χ4v) is 5.67. The van der Waals surface area contributed by atoms with Gasteiger partial charge in [0.15, 0.2) is 0 Å². The number of thioether (sulfide) groups is 1. The first-order valence-corrected chi connectivity index (χ1v) is 13.4. The minimum atomic E-state index is -4.02. The standard InChI is InChI=1S/C28H21NO5S2/c1-19-6-2-3-9-23(19)18-29-27(30)26(35-28(29)31)16-20-10-13-24(14-11-20)34-36(32,33)25-15-12-21-7-4-5-8-22(21)17-25/h2-17H,18H2,1H3/b26-16-. The zero-order valence-corrected chi connectivity index (χ0v) is 20.9. The quantitative estimate of drug-likeness (QED) is 0.226. The van der Waals surface area contributed by atoms with Crippen LogP contribution in [0, 0.1) is 6.92 Å². The molecule has 5 rings (SSSR count). The van der Waals surface area contributed by atoms with Crippen LogP contribution in [0.1, 0.15) is 16.7 Å². The molecule has 1 saturated heterocycles. The van der Waals surface area contributed by atoms with Gasteiger partial charge in [0.25, 0.3) is 11.1 Å². The second kappa shape index (κ2) is 9.64. The van der Waals surface area contributed by atoms with Gasteiger partial charge in [-0.25, -0.2) is 0 Å². The molecule has 1 fully saturated rings. The maximum atomic E-state index is 12.9. The molecule has 180 valence electrons. The van der Waals surface area contributed by atoms with Gasteiger partial charge < -0.3 is 4.18 Å². The van der Waals surface area contributed by atoms with E-state index in [1.807, 2.05) is 55.5 Å². The minimum absolute atomic E-state index is 0.0626. The van der Waals surface area contributed by atoms with Crippen molar-refractivity contribution in [3.63, 3.8) is 0 Å². The molecule has 1 heterocycles. The van der Waals surface area contributed by atoms with Crippen molar-refractivity contribution < 1.29 is 22.2 Å². The average molecular weight is 516 g/mol. The van der Waals surface area contributed by atoms with Gasteiger partial charge in [-0.15, -0.1) is 0 Å². The van der Waals surface area contributed by atoms with Crippen molar-refractivity contribution in [2.75, 3.05) is 0 Å². The fraction of sp³-hybridized carbons (Fsp3) is 0.0714. The molecule has 0 N–H and O–H groups in total. The number of carbonyl (C=O) groups excluding carboxylic acids is 2. The Morgan fingerprint density at radius 2 is 1.56 bits per heavy atom. The number of hydrogen-bond donors (Lipinski definition) is 0. The number of aryl methyl sites for hydroxylation is 1. The second-order valence-electron chi connectivity index (χ2n) is 8.31. The summed E-state index contributed by atoms with van der Waals surface area (Å²) >= 11 is 0.885. The van der Waals surface area contributed by atoms with Crippen molar-refractivity contribution in [3.8, 4) is 5.75 Å². The molecule has 0 atom stereocenters. The first-order chi connectivity index (χ1) is 17.3. The maximum Gasteiger partial charge on any atom is 0.339 e. The predicted molar refractivity (Wildman–Crippen MR) is 141 cm³/mol. The van der Waals surface area contributed by atoms with Crippen LogP contribution in [0.2, 0.25) is 0 Å². The van der Waals surface area contributed by atoms with E-state index in [0.717, 1.165) is 33.7 Å². The van der Waals surface area contributed by atoms with E-state index >= 15 is 0 Å². The second-order valence-corrected chi connectivity index (χ2v) is 10.8. The molecular weight excluding hydrogens is 494 g/mol.